The fourth-order valence-electron chi connectivity index (χ4n) is 3.24. The molecule has 27 heavy (non-hydrogen) atoms. The lowest BCUT2D eigenvalue weighted by molar-refractivity contribution is -0.125. The largest absolute Gasteiger partial charge is 0.493 e. The molecule has 1 aromatic rings. The SMILES string of the molecule is COc1cc(C(=O)OCC(=O)NC2CCCC(C)C2C)ccc1OC(F)F. The second-order valence-electron chi connectivity index (χ2n) is 6.76. The molecule has 0 spiro atoms. The molecule has 2 rings (SSSR count). The van der Waals surface area contributed by atoms with Crippen LogP contribution < -0.4 is 14.8 Å². The Morgan fingerprint density at radius 1 is 1.22 bits per heavy atom. The minimum Gasteiger partial charge on any atom is -0.493 e. The summed E-state index contributed by atoms with van der Waals surface area (Å²) in [6.07, 6.45) is 3.12. The highest BCUT2D eigenvalue weighted by Gasteiger charge is 2.28. The summed E-state index contributed by atoms with van der Waals surface area (Å²) in [5.74, 6) is -0.435. The van der Waals surface area contributed by atoms with Crippen LogP contribution in [0.3, 0.4) is 0 Å². The summed E-state index contributed by atoms with van der Waals surface area (Å²) in [5, 5.41) is 2.91. The molecular formula is C19H25F2NO5. The predicted molar refractivity (Wildman–Crippen MR) is 94.0 cm³/mol. The number of nitrogens with one attached hydrogen (secondary N) is 1. The maximum Gasteiger partial charge on any atom is 0.387 e. The van der Waals surface area contributed by atoms with Crippen molar-refractivity contribution in [3.05, 3.63) is 23.8 Å². The average molecular weight is 385 g/mol. The van der Waals surface area contributed by atoms with E-state index >= 15 is 0 Å². The summed E-state index contributed by atoms with van der Waals surface area (Å²) in [6.45, 7) is 0.854. The number of alkyl halides is 2. The van der Waals surface area contributed by atoms with E-state index in [1.807, 2.05) is 0 Å². The first kappa shape index (κ1) is 20.9. The van der Waals surface area contributed by atoms with Crippen molar-refractivity contribution in [3.63, 3.8) is 0 Å². The van der Waals surface area contributed by atoms with Gasteiger partial charge in [0, 0.05) is 6.04 Å². The highest BCUT2D eigenvalue weighted by atomic mass is 19.3. The van der Waals surface area contributed by atoms with E-state index in [1.54, 1.807) is 0 Å². The third-order valence-electron chi connectivity index (χ3n) is 5.00. The van der Waals surface area contributed by atoms with Crippen molar-refractivity contribution in [1.82, 2.24) is 5.32 Å². The van der Waals surface area contributed by atoms with Crippen molar-refractivity contribution < 1.29 is 32.6 Å². The molecule has 0 bridgehead atoms. The number of hydrogen-bond acceptors (Lipinski definition) is 5. The molecule has 150 valence electrons. The molecule has 3 atom stereocenters. The molecule has 1 saturated carbocycles. The van der Waals surface area contributed by atoms with E-state index in [1.165, 1.54) is 25.3 Å². The zero-order chi connectivity index (χ0) is 20.0. The van der Waals surface area contributed by atoms with Gasteiger partial charge in [0.25, 0.3) is 5.91 Å². The highest BCUT2D eigenvalue weighted by molar-refractivity contribution is 5.92. The Labute approximate surface area is 157 Å². The Balaban J connectivity index is 1.90. The summed E-state index contributed by atoms with van der Waals surface area (Å²) in [7, 11) is 1.27. The van der Waals surface area contributed by atoms with Crippen LogP contribution in [0.15, 0.2) is 18.2 Å². The molecule has 0 radical (unpaired) electrons. The molecular weight excluding hydrogens is 360 g/mol. The van der Waals surface area contributed by atoms with Crippen LogP contribution in [0, 0.1) is 11.8 Å². The maximum atomic E-state index is 12.3. The molecule has 0 aliphatic heterocycles. The number of esters is 1. The van der Waals surface area contributed by atoms with Gasteiger partial charge in [0.15, 0.2) is 18.1 Å². The first-order valence-electron chi connectivity index (χ1n) is 8.91. The minimum atomic E-state index is -3.01. The first-order chi connectivity index (χ1) is 12.8. The van der Waals surface area contributed by atoms with Gasteiger partial charge in [0.05, 0.1) is 12.7 Å². The highest BCUT2D eigenvalue weighted by Crippen LogP contribution is 2.30. The lowest BCUT2D eigenvalue weighted by Gasteiger charge is -2.34. The van der Waals surface area contributed by atoms with Gasteiger partial charge >= 0.3 is 12.6 Å². The molecule has 0 heterocycles. The molecule has 1 amide bonds. The van der Waals surface area contributed by atoms with Gasteiger partial charge in [-0.2, -0.15) is 8.78 Å². The summed E-state index contributed by atoms with van der Waals surface area (Å²) in [6, 6.07) is 3.76. The van der Waals surface area contributed by atoms with E-state index in [9.17, 15) is 18.4 Å². The van der Waals surface area contributed by atoms with Crippen LogP contribution in [0.25, 0.3) is 0 Å². The molecule has 0 aromatic heterocycles. The van der Waals surface area contributed by atoms with Crippen LogP contribution in [-0.2, 0) is 9.53 Å². The molecule has 1 aliphatic carbocycles. The minimum absolute atomic E-state index is 0.0285. The van der Waals surface area contributed by atoms with Gasteiger partial charge in [-0.3, -0.25) is 4.79 Å². The van der Waals surface area contributed by atoms with Crippen LogP contribution in [0.2, 0.25) is 0 Å². The summed E-state index contributed by atoms with van der Waals surface area (Å²) in [4.78, 5) is 24.2. The van der Waals surface area contributed by atoms with E-state index < -0.39 is 19.2 Å². The fraction of sp³-hybridized carbons (Fsp3) is 0.579. The quantitative estimate of drug-likeness (QED) is 0.729. The normalized spacial score (nSPS) is 22.2. The molecule has 6 nitrogen and oxygen atoms in total. The van der Waals surface area contributed by atoms with Crippen molar-refractivity contribution in [2.45, 2.75) is 45.8 Å². The summed E-state index contributed by atoms with van der Waals surface area (Å²) < 4.78 is 38.9. The van der Waals surface area contributed by atoms with Gasteiger partial charge in [-0.05, 0) is 36.5 Å². The number of benzene rings is 1. The zero-order valence-electron chi connectivity index (χ0n) is 15.7. The summed E-state index contributed by atoms with van der Waals surface area (Å²) >= 11 is 0. The van der Waals surface area contributed by atoms with Crippen LogP contribution in [0.4, 0.5) is 8.78 Å². The number of carbonyl (C=O) groups is 2. The third kappa shape index (κ3) is 5.80. The van der Waals surface area contributed by atoms with Crippen LogP contribution in [0.5, 0.6) is 11.5 Å². The Morgan fingerprint density at radius 3 is 2.63 bits per heavy atom. The maximum absolute atomic E-state index is 12.3. The van der Waals surface area contributed by atoms with Crippen molar-refractivity contribution in [2.24, 2.45) is 11.8 Å². The Kier molecular flexibility index (Phi) is 7.38. The molecule has 1 aromatic carbocycles. The fourth-order valence-corrected chi connectivity index (χ4v) is 3.24. The Hall–Kier alpha value is -2.38. The van der Waals surface area contributed by atoms with E-state index in [-0.39, 0.29) is 29.0 Å². The van der Waals surface area contributed by atoms with E-state index in [0.29, 0.717) is 11.8 Å². The van der Waals surface area contributed by atoms with Crippen molar-refractivity contribution in [3.8, 4) is 11.5 Å². The number of amides is 1. The number of carbonyl (C=O) groups excluding carboxylic acids is 2. The van der Waals surface area contributed by atoms with Crippen molar-refractivity contribution in [1.29, 1.82) is 0 Å². The predicted octanol–water partition coefficient (Wildman–Crippen LogP) is 3.39. The molecule has 8 heteroatoms. The Morgan fingerprint density at radius 2 is 1.96 bits per heavy atom. The van der Waals surface area contributed by atoms with Crippen LogP contribution in [-0.4, -0.2) is 38.2 Å². The second kappa shape index (κ2) is 9.53. The first-order valence-corrected chi connectivity index (χ1v) is 8.91. The van der Waals surface area contributed by atoms with E-state index in [4.69, 9.17) is 9.47 Å². The smallest absolute Gasteiger partial charge is 0.387 e. The topological polar surface area (TPSA) is 73.9 Å². The molecule has 1 aliphatic rings. The molecule has 3 unspecified atom stereocenters. The average Bonchev–Trinajstić information content (AvgIpc) is 2.63. The second-order valence-corrected chi connectivity index (χ2v) is 6.76. The number of ether oxygens (including phenoxy) is 3. The van der Waals surface area contributed by atoms with Gasteiger partial charge in [0.1, 0.15) is 0 Å². The van der Waals surface area contributed by atoms with Gasteiger partial charge in [-0.25, -0.2) is 4.79 Å². The van der Waals surface area contributed by atoms with Gasteiger partial charge in [-0.1, -0.05) is 26.7 Å². The van der Waals surface area contributed by atoms with Crippen molar-refractivity contribution in [2.75, 3.05) is 13.7 Å². The van der Waals surface area contributed by atoms with Gasteiger partial charge < -0.3 is 19.5 Å². The van der Waals surface area contributed by atoms with E-state index in [2.05, 4.69) is 23.9 Å². The van der Waals surface area contributed by atoms with Crippen LogP contribution >= 0.6 is 0 Å². The third-order valence-corrected chi connectivity index (χ3v) is 5.00. The standard InChI is InChI=1S/C19H25F2NO5/c1-11-5-4-6-14(12(11)2)22-17(23)10-26-18(24)13-7-8-15(27-19(20)21)16(9-13)25-3/h7-9,11-12,14,19H,4-6,10H2,1-3H3,(H,22,23). The molecule has 1 N–H and O–H groups in total. The monoisotopic (exact) mass is 385 g/mol. The lowest BCUT2D eigenvalue weighted by atomic mass is 9.78. The molecule has 1 fully saturated rings. The number of halogens is 2. The number of methoxy groups -OCH3 is 1. The van der Waals surface area contributed by atoms with Crippen molar-refractivity contribution >= 4 is 11.9 Å². The zero-order valence-corrected chi connectivity index (χ0v) is 15.7. The lowest BCUT2D eigenvalue weighted by Crippen LogP contribution is -2.45. The van der Waals surface area contributed by atoms with E-state index in [0.717, 1.165) is 19.3 Å². The summed E-state index contributed by atoms with van der Waals surface area (Å²) in [5.41, 5.74) is 0.0703. The number of hydrogen-bond donors (Lipinski definition) is 1. The molecule has 0 saturated heterocycles. The van der Waals surface area contributed by atoms with Crippen LogP contribution in [0.1, 0.15) is 43.5 Å². The number of rotatable bonds is 7. The van der Waals surface area contributed by atoms with Gasteiger partial charge in [-0.15, -0.1) is 0 Å². The Bertz CT molecular complexity index is 668. The van der Waals surface area contributed by atoms with Gasteiger partial charge in [0.2, 0.25) is 0 Å².